The third kappa shape index (κ3) is 2.70. The second-order valence-corrected chi connectivity index (χ2v) is 3.93. The van der Waals surface area contributed by atoms with Gasteiger partial charge in [-0.25, -0.2) is 4.98 Å². The molecule has 4 heteroatoms. The van der Waals surface area contributed by atoms with Gasteiger partial charge >= 0.3 is 0 Å². The van der Waals surface area contributed by atoms with Crippen molar-refractivity contribution in [1.82, 2.24) is 4.98 Å². The van der Waals surface area contributed by atoms with E-state index in [0.717, 1.165) is 0 Å². The van der Waals surface area contributed by atoms with Crippen molar-refractivity contribution < 1.29 is 4.79 Å². The van der Waals surface area contributed by atoms with E-state index in [0.29, 0.717) is 23.3 Å². The number of hydrogen-bond acceptors (Lipinski definition) is 2. The molecule has 74 valence electrons. The van der Waals surface area contributed by atoms with Crippen LogP contribution in [-0.2, 0) is 4.79 Å². The van der Waals surface area contributed by atoms with Crippen LogP contribution in [0.4, 0.5) is 5.82 Å². The van der Waals surface area contributed by atoms with Gasteiger partial charge in [-0.05, 0) is 30.9 Å². The first-order chi connectivity index (χ1) is 6.74. The summed E-state index contributed by atoms with van der Waals surface area (Å²) in [4.78, 5) is 15.4. The Bertz CT molecular complexity index is 350. The lowest BCUT2D eigenvalue weighted by atomic mass is 10.3. The number of hydrogen-bond donors (Lipinski definition) is 1. The van der Waals surface area contributed by atoms with Crippen molar-refractivity contribution in [2.45, 2.75) is 19.3 Å². The van der Waals surface area contributed by atoms with Gasteiger partial charge < -0.3 is 5.32 Å². The predicted molar refractivity (Wildman–Crippen MR) is 55.2 cm³/mol. The van der Waals surface area contributed by atoms with Crippen LogP contribution in [0, 0.1) is 5.92 Å². The zero-order chi connectivity index (χ0) is 9.97. The topological polar surface area (TPSA) is 42.0 Å². The number of pyridine rings is 1. The first-order valence-corrected chi connectivity index (χ1v) is 5.04. The van der Waals surface area contributed by atoms with Gasteiger partial charge in [0.25, 0.3) is 0 Å². The summed E-state index contributed by atoms with van der Waals surface area (Å²) in [5.74, 6) is 1.15. The van der Waals surface area contributed by atoms with Crippen molar-refractivity contribution in [3.63, 3.8) is 0 Å². The number of nitrogens with zero attached hydrogens (tertiary/aromatic N) is 1. The highest BCUT2D eigenvalue weighted by molar-refractivity contribution is 6.29. The first kappa shape index (κ1) is 9.46. The minimum atomic E-state index is 0.0299. The maximum absolute atomic E-state index is 11.4. The predicted octanol–water partition coefficient (Wildman–Crippen LogP) is 2.47. The summed E-state index contributed by atoms with van der Waals surface area (Å²) in [5, 5.41) is 3.12. The Kier molecular flexibility index (Phi) is 2.68. The van der Waals surface area contributed by atoms with Crippen LogP contribution in [0.3, 0.4) is 0 Å². The van der Waals surface area contributed by atoms with Crippen LogP contribution in [0.5, 0.6) is 0 Å². The van der Waals surface area contributed by atoms with Crippen molar-refractivity contribution in [3.05, 3.63) is 23.4 Å². The van der Waals surface area contributed by atoms with Crippen molar-refractivity contribution in [1.29, 1.82) is 0 Å². The molecule has 3 nitrogen and oxygen atoms in total. The zero-order valence-electron chi connectivity index (χ0n) is 7.66. The molecular weight excluding hydrogens is 200 g/mol. The van der Waals surface area contributed by atoms with E-state index in [9.17, 15) is 4.79 Å². The molecule has 1 N–H and O–H groups in total. The third-order valence-electron chi connectivity index (χ3n) is 2.15. The maximum atomic E-state index is 11.4. The Morgan fingerprint density at radius 2 is 2.36 bits per heavy atom. The molecule has 1 amide bonds. The summed E-state index contributed by atoms with van der Waals surface area (Å²) in [6.07, 6.45) is 2.96. The molecule has 0 spiro atoms. The Morgan fingerprint density at radius 1 is 1.57 bits per heavy atom. The number of anilines is 1. The molecule has 1 aliphatic rings. The van der Waals surface area contributed by atoms with E-state index in [1.807, 2.05) is 0 Å². The van der Waals surface area contributed by atoms with Crippen LogP contribution in [0.15, 0.2) is 18.2 Å². The highest BCUT2D eigenvalue weighted by Gasteiger charge is 2.24. The summed E-state index contributed by atoms with van der Waals surface area (Å²) in [6.45, 7) is 0. The quantitative estimate of drug-likeness (QED) is 0.779. The minimum absolute atomic E-state index is 0.0299. The first-order valence-electron chi connectivity index (χ1n) is 4.66. The van der Waals surface area contributed by atoms with E-state index in [1.54, 1.807) is 18.2 Å². The van der Waals surface area contributed by atoms with E-state index in [4.69, 9.17) is 11.6 Å². The lowest BCUT2D eigenvalue weighted by Gasteiger charge is -2.03. The highest BCUT2D eigenvalue weighted by Crippen LogP contribution is 2.32. The van der Waals surface area contributed by atoms with Crippen LogP contribution in [0.1, 0.15) is 19.3 Å². The Hall–Kier alpha value is -1.09. The standard InChI is InChI=1S/C10H11ClN2O/c11-8-2-1-3-9(12-8)13-10(14)6-7-4-5-7/h1-3,7H,4-6H2,(H,12,13,14). The molecule has 0 unspecified atom stereocenters. The fourth-order valence-corrected chi connectivity index (χ4v) is 1.42. The van der Waals surface area contributed by atoms with Crippen LogP contribution in [0.25, 0.3) is 0 Å². The summed E-state index contributed by atoms with van der Waals surface area (Å²) in [5.41, 5.74) is 0. The lowest BCUT2D eigenvalue weighted by Crippen LogP contribution is -2.12. The molecule has 0 aliphatic heterocycles. The van der Waals surface area contributed by atoms with Crippen molar-refractivity contribution in [2.75, 3.05) is 5.32 Å². The fraction of sp³-hybridized carbons (Fsp3) is 0.400. The number of carbonyl (C=O) groups excluding carboxylic acids is 1. The average Bonchev–Trinajstić information content (AvgIpc) is 2.87. The number of rotatable bonds is 3. The van der Waals surface area contributed by atoms with Crippen LogP contribution in [0.2, 0.25) is 5.15 Å². The van der Waals surface area contributed by atoms with Gasteiger partial charge in [-0.1, -0.05) is 17.7 Å². The molecule has 0 atom stereocenters. The van der Waals surface area contributed by atoms with E-state index >= 15 is 0 Å². The smallest absolute Gasteiger partial charge is 0.225 e. The normalized spacial score (nSPS) is 15.2. The molecule has 0 radical (unpaired) electrons. The number of carbonyl (C=O) groups is 1. The molecule has 14 heavy (non-hydrogen) atoms. The monoisotopic (exact) mass is 210 g/mol. The molecule has 1 aliphatic carbocycles. The summed E-state index contributed by atoms with van der Waals surface area (Å²) >= 11 is 5.68. The number of nitrogens with one attached hydrogen (secondary N) is 1. The molecule has 1 fully saturated rings. The van der Waals surface area contributed by atoms with E-state index < -0.39 is 0 Å². The number of halogens is 1. The van der Waals surface area contributed by atoms with Crippen LogP contribution < -0.4 is 5.32 Å². The molecular formula is C10H11ClN2O. The zero-order valence-corrected chi connectivity index (χ0v) is 8.42. The van der Waals surface area contributed by atoms with Gasteiger partial charge in [0.15, 0.2) is 0 Å². The summed E-state index contributed by atoms with van der Waals surface area (Å²) < 4.78 is 0. The molecule has 0 aromatic carbocycles. The molecule has 0 saturated heterocycles. The van der Waals surface area contributed by atoms with Crippen molar-refractivity contribution in [3.8, 4) is 0 Å². The molecule has 1 heterocycles. The van der Waals surface area contributed by atoms with Gasteiger partial charge in [-0.15, -0.1) is 0 Å². The van der Waals surface area contributed by atoms with E-state index in [2.05, 4.69) is 10.3 Å². The third-order valence-corrected chi connectivity index (χ3v) is 2.36. The van der Waals surface area contributed by atoms with E-state index in [1.165, 1.54) is 12.8 Å². The Labute approximate surface area is 87.5 Å². The van der Waals surface area contributed by atoms with Gasteiger partial charge in [0, 0.05) is 6.42 Å². The van der Waals surface area contributed by atoms with Gasteiger partial charge in [0.05, 0.1) is 0 Å². The summed E-state index contributed by atoms with van der Waals surface area (Å²) in [7, 11) is 0. The van der Waals surface area contributed by atoms with Crippen molar-refractivity contribution in [2.24, 2.45) is 5.92 Å². The fourth-order valence-electron chi connectivity index (χ4n) is 1.26. The average molecular weight is 211 g/mol. The molecule has 1 aromatic rings. The lowest BCUT2D eigenvalue weighted by molar-refractivity contribution is -0.116. The number of amides is 1. The second kappa shape index (κ2) is 3.96. The van der Waals surface area contributed by atoms with Crippen LogP contribution in [-0.4, -0.2) is 10.9 Å². The van der Waals surface area contributed by atoms with Crippen LogP contribution >= 0.6 is 11.6 Å². The SMILES string of the molecule is O=C(CC1CC1)Nc1cccc(Cl)n1. The minimum Gasteiger partial charge on any atom is -0.311 e. The largest absolute Gasteiger partial charge is 0.311 e. The second-order valence-electron chi connectivity index (χ2n) is 3.54. The van der Waals surface area contributed by atoms with Gasteiger partial charge in [0.1, 0.15) is 11.0 Å². The summed E-state index contributed by atoms with van der Waals surface area (Å²) in [6, 6.07) is 5.18. The van der Waals surface area contributed by atoms with Crippen molar-refractivity contribution >= 4 is 23.3 Å². The Balaban J connectivity index is 1.92. The number of aromatic nitrogens is 1. The van der Waals surface area contributed by atoms with Gasteiger partial charge in [0.2, 0.25) is 5.91 Å². The van der Waals surface area contributed by atoms with E-state index in [-0.39, 0.29) is 5.91 Å². The maximum Gasteiger partial charge on any atom is 0.225 e. The molecule has 2 rings (SSSR count). The molecule has 1 aromatic heterocycles. The van der Waals surface area contributed by atoms with Gasteiger partial charge in [-0.3, -0.25) is 4.79 Å². The highest BCUT2D eigenvalue weighted by atomic mass is 35.5. The van der Waals surface area contributed by atoms with Gasteiger partial charge in [-0.2, -0.15) is 0 Å². The molecule has 0 bridgehead atoms. The molecule has 1 saturated carbocycles. The Morgan fingerprint density at radius 3 is 3.00 bits per heavy atom.